The van der Waals surface area contributed by atoms with Crippen LogP contribution in [0.15, 0.2) is 25.3 Å². The van der Waals surface area contributed by atoms with Crippen LogP contribution in [0, 0.1) is 11.8 Å². The van der Waals surface area contributed by atoms with E-state index >= 15 is 0 Å². The van der Waals surface area contributed by atoms with Gasteiger partial charge in [-0.2, -0.15) is 13.2 Å². The average Bonchev–Trinajstić information content (AvgIpc) is 2.45. The van der Waals surface area contributed by atoms with Gasteiger partial charge in [0.1, 0.15) is 0 Å². The van der Waals surface area contributed by atoms with Gasteiger partial charge in [0.05, 0.1) is 0 Å². The third-order valence-electron chi connectivity index (χ3n) is 3.88. The summed E-state index contributed by atoms with van der Waals surface area (Å²) in [4.78, 5) is 13.9. The Morgan fingerprint density at radius 2 is 1.71 bits per heavy atom. The summed E-state index contributed by atoms with van der Waals surface area (Å²) in [6, 6.07) is 0. The molecule has 120 valence electrons. The number of rotatable bonds is 6. The molecule has 1 N–H and O–H groups in total. The molecule has 0 saturated carbocycles. The van der Waals surface area contributed by atoms with E-state index in [-0.39, 0.29) is 37.8 Å². The van der Waals surface area contributed by atoms with Crippen molar-refractivity contribution in [2.45, 2.75) is 38.0 Å². The van der Waals surface area contributed by atoms with Crippen molar-refractivity contribution in [3.8, 4) is 0 Å². The fourth-order valence-corrected chi connectivity index (χ4v) is 2.66. The smallest absolute Gasteiger partial charge is 0.383 e. The summed E-state index contributed by atoms with van der Waals surface area (Å²) in [5.41, 5.74) is 0. The lowest BCUT2D eigenvalue weighted by Crippen LogP contribution is -2.46. The fourth-order valence-electron chi connectivity index (χ4n) is 2.66. The molecule has 1 unspecified atom stereocenters. The highest BCUT2D eigenvalue weighted by molar-refractivity contribution is 5.79. The van der Waals surface area contributed by atoms with Crippen molar-refractivity contribution in [2.24, 2.45) is 11.8 Å². The van der Waals surface area contributed by atoms with Crippen molar-refractivity contribution in [1.82, 2.24) is 4.90 Å². The molecule has 0 bridgehead atoms. The standard InChI is InChI=1S/C15H22F3NO2/c1-3-5-12(6-4-2)14(21)19-9-7-11(8-10-19)13(20)15(16,17)18/h3-4,11-13,20H,1-2,5-10H2. The molecule has 1 amide bonds. The Hall–Kier alpha value is -1.30. The number of halogens is 3. The maximum atomic E-state index is 12.5. The van der Waals surface area contributed by atoms with Gasteiger partial charge in [0.2, 0.25) is 5.91 Å². The lowest BCUT2D eigenvalue weighted by molar-refractivity contribution is -0.223. The van der Waals surface area contributed by atoms with Crippen LogP contribution in [-0.4, -0.2) is 41.3 Å². The van der Waals surface area contributed by atoms with Crippen molar-refractivity contribution in [3.63, 3.8) is 0 Å². The molecule has 1 saturated heterocycles. The molecule has 0 spiro atoms. The van der Waals surface area contributed by atoms with Crippen molar-refractivity contribution >= 4 is 5.91 Å². The molecule has 0 aliphatic carbocycles. The van der Waals surface area contributed by atoms with Gasteiger partial charge in [-0.25, -0.2) is 0 Å². The lowest BCUT2D eigenvalue weighted by Gasteiger charge is -2.36. The molecule has 0 aromatic rings. The number of aliphatic hydroxyl groups is 1. The summed E-state index contributed by atoms with van der Waals surface area (Å²) in [6.07, 6.45) is -2.19. The van der Waals surface area contributed by atoms with Gasteiger partial charge in [-0.3, -0.25) is 4.79 Å². The second-order valence-corrected chi connectivity index (χ2v) is 5.39. The average molecular weight is 305 g/mol. The number of amides is 1. The molecular formula is C15H22F3NO2. The second-order valence-electron chi connectivity index (χ2n) is 5.39. The first-order valence-corrected chi connectivity index (χ1v) is 7.06. The molecule has 0 aromatic heterocycles. The monoisotopic (exact) mass is 305 g/mol. The molecular weight excluding hydrogens is 283 g/mol. The number of piperidine rings is 1. The Bertz CT molecular complexity index is 364. The Labute approximate surface area is 123 Å². The quantitative estimate of drug-likeness (QED) is 0.767. The number of nitrogens with zero attached hydrogens (tertiary/aromatic N) is 1. The van der Waals surface area contributed by atoms with E-state index < -0.39 is 18.2 Å². The summed E-state index contributed by atoms with van der Waals surface area (Å²) >= 11 is 0. The zero-order valence-electron chi connectivity index (χ0n) is 12.0. The molecule has 1 fully saturated rings. The number of hydrogen-bond donors (Lipinski definition) is 1. The minimum atomic E-state index is -4.59. The molecule has 1 aliphatic heterocycles. The van der Waals surface area contributed by atoms with Gasteiger partial charge in [0, 0.05) is 19.0 Å². The van der Waals surface area contributed by atoms with Crippen LogP contribution in [0.1, 0.15) is 25.7 Å². The van der Waals surface area contributed by atoms with Crippen LogP contribution in [0.5, 0.6) is 0 Å². The van der Waals surface area contributed by atoms with E-state index in [1.54, 1.807) is 17.1 Å². The van der Waals surface area contributed by atoms with E-state index in [1.165, 1.54) is 0 Å². The molecule has 1 rings (SSSR count). The van der Waals surface area contributed by atoms with E-state index in [9.17, 15) is 23.1 Å². The van der Waals surface area contributed by atoms with E-state index in [2.05, 4.69) is 13.2 Å². The predicted molar refractivity (Wildman–Crippen MR) is 74.5 cm³/mol. The van der Waals surface area contributed by atoms with Gasteiger partial charge in [-0.05, 0) is 31.6 Å². The van der Waals surface area contributed by atoms with Crippen LogP contribution < -0.4 is 0 Å². The summed E-state index contributed by atoms with van der Waals surface area (Å²) in [5.74, 6) is -1.15. The normalized spacial score (nSPS) is 18.6. The van der Waals surface area contributed by atoms with E-state index in [4.69, 9.17) is 0 Å². The minimum absolute atomic E-state index is 0.0743. The zero-order valence-corrected chi connectivity index (χ0v) is 12.0. The van der Waals surface area contributed by atoms with Crippen molar-refractivity contribution in [2.75, 3.05) is 13.1 Å². The Kier molecular flexibility index (Phi) is 6.45. The fraction of sp³-hybridized carbons (Fsp3) is 0.667. The van der Waals surface area contributed by atoms with E-state index in [1.807, 2.05) is 0 Å². The Balaban J connectivity index is 2.57. The first kappa shape index (κ1) is 17.8. The molecule has 6 heteroatoms. The maximum Gasteiger partial charge on any atom is 0.414 e. The van der Waals surface area contributed by atoms with Crippen molar-refractivity contribution < 1.29 is 23.1 Å². The number of carbonyl (C=O) groups excluding carboxylic acids is 1. The second kappa shape index (κ2) is 7.64. The lowest BCUT2D eigenvalue weighted by atomic mass is 9.89. The van der Waals surface area contributed by atoms with Crippen molar-refractivity contribution in [1.29, 1.82) is 0 Å². The zero-order chi connectivity index (χ0) is 16.0. The van der Waals surface area contributed by atoms with Crippen LogP contribution in [0.3, 0.4) is 0 Å². The first-order valence-electron chi connectivity index (χ1n) is 7.06. The molecule has 21 heavy (non-hydrogen) atoms. The third-order valence-corrected chi connectivity index (χ3v) is 3.88. The van der Waals surface area contributed by atoms with Crippen LogP contribution in [0.4, 0.5) is 13.2 Å². The van der Waals surface area contributed by atoms with E-state index in [0.29, 0.717) is 12.8 Å². The Morgan fingerprint density at radius 3 is 2.10 bits per heavy atom. The molecule has 1 heterocycles. The number of aliphatic hydroxyl groups excluding tert-OH is 1. The molecule has 1 atom stereocenters. The van der Waals surface area contributed by atoms with Gasteiger partial charge in [0.25, 0.3) is 0 Å². The maximum absolute atomic E-state index is 12.5. The molecule has 0 radical (unpaired) electrons. The van der Waals surface area contributed by atoms with Crippen molar-refractivity contribution in [3.05, 3.63) is 25.3 Å². The van der Waals surface area contributed by atoms with Crippen LogP contribution >= 0.6 is 0 Å². The summed E-state index contributed by atoms with van der Waals surface area (Å²) in [7, 11) is 0. The summed E-state index contributed by atoms with van der Waals surface area (Å²) < 4.78 is 37.4. The number of likely N-dealkylation sites (tertiary alicyclic amines) is 1. The number of hydrogen-bond acceptors (Lipinski definition) is 2. The highest BCUT2D eigenvalue weighted by Crippen LogP contribution is 2.32. The van der Waals surface area contributed by atoms with Gasteiger partial charge >= 0.3 is 6.18 Å². The van der Waals surface area contributed by atoms with Gasteiger partial charge in [-0.1, -0.05) is 12.2 Å². The highest BCUT2D eigenvalue weighted by Gasteiger charge is 2.44. The number of allylic oxidation sites excluding steroid dienone is 2. The minimum Gasteiger partial charge on any atom is -0.383 e. The summed E-state index contributed by atoms with van der Waals surface area (Å²) in [5, 5.41) is 9.26. The molecule has 3 nitrogen and oxygen atoms in total. The van der Waals surface area contributed by atoms with Gasteiger partial charge in [0.15, 0.2) is 6.10 Å². The predicted octanol–water partition coefficient (Wildman–Crippen LogP) is 2.92. The largest absolute Gasteiger partial charge is 0.414 e. The van der Waals surface area contributed by atoms with Gasteiger partial charge < -0.3 is 10.0 Å². The van der Waals surface area contributed by atoms with Gasteiger partial charge in [-0.15, -0.1) is 13.2 Å². The number of alkyl halides is 3. The third kappa shape index (κ3) is 4.88. The Morgan fingerprint density at radius 1 is 1.24 bits per heavy atom. The first-order chi connectivity index (χ1) is 9.81. The topological polar surface area (TPSA) is 40.5 Å². The molecule has 1 aliphatic rings. The SMILES string of the molecule is C=CCC(CC=C)C(=O)N1CCC(C(O)C(F)(F)F)CC1. The van der Waals surface area contributed by atoms with Crippen LogP contribution in [0.2, 0.25) is 0 Å². The summed E-state index contributed by atoms with van der Waals surface area (Å²) in [6.45, 7) is 7.72. The number of carbonyl (C=O) groups is 1. The van der Waals surface area contributed by atoms with Crippen LogP contribution in [0.25, 0.3) is 0 Å². The molecule has 0 aromatic carbocycles. The van der Waals surface area contributed by atoms with E-state index in [0.717, 1.165) is 0 Å². The van der Waals surface area contributed by atoms with Crippen LogP contribution in [-0.2, 0) is 4.79 Å². The highest BCUT2D eigenvalue weighted by atomic mass is 19.4.